The molecule has 1 aromatic heterocycles. The maximum atomic E-state index is 5.88. The Morgan fingerprint density at radius 3 is 2.57 bits per heavy atom. The van der Waals surface area contributed by atoms with E-state index in [0.29, 0.717) is 6.54 Å². The van der Waals surface area contributed by atoms with Gasteiger partial charge in [0.1, 0.15) is 17.5 Å². The highest BCUT2D eigenvalue weighted by Gasteiger charge is 2.33. The Hall–Kier alpha value is -3.01. The molecule has 5 rings (SSSR count). The van der Waals surface area contributed by atoms with Crippen LogP contribution in [0.15, 0.2) is 48.5 Å². The summed E-state index contributed by atoms with van der Waals surface area (Å²) in [5.41, 5.74) is 2.38. The van der Waals surface area contributed by atoms with Crippen molar-refractivity contribution < 1.29 is 14.2 Å². The van der Waals surface area contributed by atoms with Gasteiger partial charge in [-0.15, -0.1) is 5.10 Å². The maximum absolute atomic E-state index is 5.88. The third-order valence-corrected chi connectivity index (χ3v) is 6.96. The first kappa shape index (κ1) is 23.7. The number of tetrazole rings is 1. The standard InChI is InChI=1S/C26H34N6O3/c1-33-21-10-11-23(24(17-21)34-2)25(26-27-28-29-32(26)19-22-9-6-16-35-22)31-14-12-30(13-15-31)18-20-7-4-3-5-8-20/h3-5,7-8,10-11,17,22,25H,6,9,12-16,18-19H2,1-2H3/t22-,25-/m0/s1. The molecule has 9 heteroatoms. The third-order valence-electron chi connectivity index (χ3n) is 6.96. The van der Waals surface area contributed by atoms with Gasteiger partial charge in [-0.2, -0.15) is 0 Å². The summed E-state index contributed by atoms with van der Waals surface area (Å²) in [6, 6.07) is 16.5. The normalized spacial score (nSPS) is 20.1. The van der Waals surface area contributed by atoms with Crippen LogP contribution in [0.25, 0.3) is 0 Å². The van der Waals surface area contributed by atoms with Gasteiger partial charge in [-0.05, 0) is 41.0 Å². The number of nitrogens with zero attached hydrogens (tertiary/aromatic N) is 6. The van der Waals surface area contributed by atoms with Crippen molar-refractivity contribution in [3.05, 3.63) is 65.5 Å². The molecule has 35 heavy (non-hydrogen) atoms. The number of ether oxygens (including phenoxy) is 3. The first-order valence-electron chi connectivity index (χ1n) is 12.3. The predicted molar refractivity (Wildman–Crippen MR) is 131 cm³/mol. The van der Waals surface area contributed by atoms with Crippen LogP contribution in [-0.2, 0) is 17.8 Å². The van der Waals surface area contributed by atoms with E-state index in [4.69, 9.17) is 14.2 Å². The van der Waals surface area contributed by atoms with E-state index >= 15 is 0 Å². The lowest BCUT2D eigenvalue weighted by Gasteiger charge is -2.39. The fraction of sp³-hybridized carbons (Fsp3) is 0.500. The van der Waals surface area contributed by atoms with Crippen LogP contribution in [0.4, 0.5) is 0 Å². The van der Waals surface area contributed by atoms with Crippen molar-refractivity contribution in [2.75, 3.05) is 47.0 Å². The minimum absolute atomic E-state index is 0.133. The van der Waals surface area contributed by atoms with Crippen LogP contribution in [0, 0.1) is 0 Å². The monoisotopic (exact) mass is 478 g/mol. The number of benzene rings is 2. The highest BCUT2D eigenvalue weighted by Crippen LogP contribution is 2.36. The van der Waals surface area contributed by atoms with E-state index in [0.717, 1.165) is 75.1 Å². The first-order valence-corrected chi connectivity index (χ1v) is 12.3. The highest BCUT2D eigenvalue weighted by molar-refractivity contribution is 5.44. The van der Waals surface area contributed by atoms with Gasteiger partial charge in [0.25, 0.3) is 0 Å². The molecule has 0 bridgehead atoms. The fourth-order valence-electron chi connectivity index (χ4n) is 5.08. The lowest BCUT2D eigenvalue weighted by Crippen LogP contribution is -2.48. The molecule has 3 heterocycles. The lowest BCUT2D eigenvalue weighted by atomic mass is 10.0. The first-order chi connectivity index (χ1) is 17.2. The van der Waals surface area contributed by atoms with E-state index in [-0.39, 0.29) is 12.1 Å². The summed E-state index contributed by atoms with van der Waals surface area (Å²) in [5.74, 6) is 2.35. The number of piperazine rings is 1. The zero-order valence-corrected chi connectivity index (χ0v) is 20.5. The summed E-state index contributed by atoms with van der Waals surface area (Å²) in [6.07, 6.45) is 2.27. The van der Waals surface area contributed by atoms with Gasteiger partial charge in [0.2, 0.25) is 0 Å². The van der Waals surface area contributed by atoms with Gasteiger partial charge in [0, 0.05) is 51.0 Å². The van der Waals surface area contributed by atoms with Gasteiger partial charge >= 0.3 is 0 Å². The fourth-order valence-corrected chi connectivity index (χ4v) is 5.08. The molecule has 0 spiro atoms. The third kappa shape index (κ3) is 5.47. The van der Waals surface area contributed by atoms with Crippen molar-refractivity contribution >= 4 is 0 Å². The van der Waals surface area contributed by atoms with Gasteiger partial charge in [-0.25, -0.2) is 4.68 Å². The molecule has 186 valence electrons. The molecule has 2 atom stereocenters. The Morgan fingerprint density at radius 1 is 1.03 bits per heavy atom. The Bertz CT molecular complexity index is 1080. The molecule has 0 radical (unpaired) electrons. The second-order valence-electron chi connectivity index (χ2n) is 9.16. The van der Waals surface area contributed by atoms with E-state index in [1.807, 2.05) is 16.8 Å². The van der Waals surface area contributed by atoms with Gasteiger partial charge in [-0.3, -0.25) is 9.80 Å². The van der Waals surface area contributed by atoms with E-state index in [1.54, 1.807) is 14.2 Å². The van der Waals surface area contributed by atoms with Crippen molar-refractivity contribution in [1.82, 2.24) is 30.0 Å². The second-order valence-corrected chi connectivity index (χ2v) is 9.16. The number of hydrogen-bond donors (Lipinski definition) is 0. The zero-order valence-electron chi connectivity index (χ0n) is 20.5. The van der Waals surface area contributed by atoms with E-state index in [9.17, 15) is 0 Å². The number of hydrogen-bond acceptors (Lipinski definition) is 8. The molecule has 2 fully saturated rings. The molecule has 2 saturated heterocycles. The van der Waals surface area contributed by atoms with Gasteiger partial charge in [-0.1, -0.05) is 30.3 Å². The van der Waals surface area contributed by atoms with Gasteiger partial charge in [0.05, 0.1) is 26.9 Å². The van der Waals surface area contributed by atoms with Crippen LogP contribution in [0.5, 0.6) is 11.5 Å². The minimum atomic E-state index is -0.133. The van der Waals surface area contributed by atoms with Crippen molar-refractivity contribution in [2.24, 2.45) is 0 Å². The average molecular weight is 479 g/mol. The smallest absolute Gasteiger partial charge is 0.173 e. The van der Waals surface area contributed by atoms with Crippen LogP contribution < -0.4 is 9.47 Å². The summed E-state index contributed by atoms with van der Waals surface area (Å²) < 4.78 is 19.1. The van der Waals surface area contributed by atoms with Crippen molar-refractivity contribution in [3.8, 4) is 11.5 Å². The predicted octanol–water partition coefficient (Wildman–Crippen LogP) is 2.78. The average Bonchev–Trinajstić information content (AvgIpc) is 3.59. The van der Waals surface area contributed by atoms with E-state index in [1.165, 1.54) is 5.56 Å². The van der Waals surface area contributed by atoms with Crippen LogP contribution in [-0.4, -0.2) is 83.1 Å². The van der Waals surface area contributed by atoms with Crippen LogP contribution in [0.1, 0.15) is 35.8 Å². The Kier molecular flexibility index (Phi) is 7.56. The summed E-state index contributed by atoms with van der Waals surface area (Å²) in [4.78, 5) is 4.97. The number of methoxy groups -OCH3 is 2. The largest absolute Gasteiger partial charge is 0.497 e. The molecule has 0 N–H and O–H groups in total. The minimum Gasteiger partial charge on any atom is -0.497 e. The second kappa shape index (κ2) is 11.2. The Balaban J connectivity index is 1.41. The van der Waals surface area contributed by atoms with Gasteiger partial charge < -0.3 is 14.2 Å². The Morgan fingerprint density at radius 2 is 1.86 bits per heavy atom. The van der Waals surface area contributed by atoms with Crippen LogP contribution >= 0.6 is 0 Å². The lowest BCUT2D eigenvalue weighted by molar-refractivity contribution is 0.0838. The van der Waals surface area contributed by atoms with Crippen LogP contribution in [0.3, 0.4) is 0 Å². The zero-order chi connectivity index (χ0) is 24.0. The molecule has 0 unspecified atom stereocenters. The molecular formula is C26H34N6O3. The van der Waals surface area contributed by atoms with Crippen molar-refractivity contribution in [3.63, 3.8) is 0 Å². The maximum Gasteiger partial charge on any atom is 0.173 e. The molecule has 0 amide bonds. The molecule has 3 aromatic rings. The molecule has 0 aliphatic carbocycles. The number of rotatable bonds is 9. The summed E-state index contributed by atoms with van der Waals surface area (Å²) >= 11 is 0. The summed E-state index contributed by atoms with van der Waals surface area (Å²) in [6.45, 7) is 6.17. The molecule has 2 aliphatic rings. The highest BCUT2D eigenvalue weighted by atomic mass is 16.5. The van der Waals surface area contributed by atoms with Crippen molar-refractivity contribution in [2.45, 2.75) is 38.1 Å². The summed E-state index contributed by atoms with van der Waals surface area (Å²) in [5, 5.41) is 12.9. The van der Waals surface area contributed by atoms with Gasteiger partial charge in [0.15, 0.2) is 5.82 Å². The molecular weight excluding hydrogens is 444 g/mol. The summed E-state index contributed by atoms with van der Waals surface area (Å²) in [7, 11) is 3.36. The van der Waals surface area contributed by atoms with E-state index in [2.05, 4.69) is 61.7 Å². The van der Waals surface area contributed by atoms with Crippen molar-refractivity contribution in [1.29, 1.82) is 0 Å². The topological polar surface area (TPSA) is 77.8 Å². The molecule has 9 nitrogen and oxygen atoms in total. The van der Waals surface area contributed by atoms with E-state index < -0.39 is 0 Å². The quantitative estimate of drug-likeness (QED) is 0.465. The molecule has 2 aliphatic heterocycles. The number of aromatic nitrogens is 4. The molecule has 0 saturated carbocycles. The Labute approximate surface area is 206 Å². The van der Waals surface area contributed by atoms with Crippen LogP contribution in [0.2, 0.25) is 0 Å². The molecule has 2 aromatic carbocycles. The SMILES string of the molecule is COc1ccc([C@@H](c2nnnn2C[C@@H]2CCCO2)N2CCN(Cc3ccccc3)CC2)c(OC)c1.